The molecule has 1 atom stereocenters. The predicted octanol–water partition coefficient (Wildman–Crippen LogP) is 1.69. The molecule has 4 nitrogen and oxygen atoms in total. The van der Waals surface area contributed by atoms with Gasteiger partial charge in [-0.2, -0.15) is 0 Å². The first-order chi connectivity index (χ1) is 7.17. The van der Waals surface area contributed by atoms with Crippen molar-refractivity contribution in [2.75, 3.05) is 0 Å². The first-order valence-corrected chi connectivity index (χ1v) is 4.21. The normalized spacial score (nSPS) is 11.6. The average molecular weight is 212 g/mol. The summed E-state index contributed by atoms with van der Waals surface area (Å²) in [5.74, 6) is -0.743. The second-order valence-electron chi connectivity index (χ2n) is 2.84. The van der Waals surface area contributed by atoms with Crippen molar-refractivity contribution in [3.05, 3.63) is 29.8 Å². The minimum Gasteiger partial charge on any atom is -0.479 e. The van der Waals surface area contributed by atoms with Crippen LogP contribution in [0.2, 0.25) is 0 Å². The van der Waals surface area contributed by atoms with Gasteiger partial charge in [0.2, 0.25) is 0 Å². The first kappa shape index (κ1) is 11.2. The lowest BCUT2D eigenvalue weighted by Gasteiger charge is -2.10. The second-order valence-corrected chi connectivity index (χ2v) is 2.84. The molecule has 0 aromatic heterocycles. The van der Waals surface area contributed by atoms with Gasteiger partial charge in [0.15, 0.2) is 6.10 Å². The topological polar surface area (TPSA) is 52.6 Å². The summed E-state index contributed by atoms with van der Waals surface area (Å²) in [6, 6.07) is 6.06. The van der Waals surface area contributed by atoms with Gasteiger partial charge in [-0.3, -0.25) is 9.74 Å². The number of carbonyl (C=O) groups excluding carboxylic acids is 2. The molecule has 1 unspecified atom stereocenters. The molecule has 0 fully saturated rings. The third-order valence-corrected chi connectivity index (χ3v) is 1.74. The first-order valence-electron chi connectivity index (χ1n) is 4.21. The molecule has 0 saturated carbocycles. The molecule has 0 bridgehead atoms. The molecule has 1 rings (SSSR count). The molecule has 80 valence electrons. The molecule has 0 aliphatic heterocycles. The highest BCUT2D eigenvalue weighted by Crippen LogP contribution is 2.13. The van der Waals surface area contributed by atoms with Gasteiger partial charge in [-0.05, 0) is 31.2 Å². The summed E-state index contributed by atoms with van der Waals surface area (Å²) in [5.41, 5.74) is 0.489. The van der Waals surface area contributed by atoms with Crippen LogP contribution < -0.4 is 4.74 Å². The summed E-state index contributed by atoms with van der Waals surface area (Å²) in [6.45, 7) is 1.36. The van der Waals surface area contributed by atoms with Crippen LogP contribution in [0.1, 0.15) is 17.3 Å². The van der Waals surface area contributed by atoms with E-state index in [-0.39, 0.29) is 0 Å². The van der Waals surface area contributed by atoms with Gasteiger partial charge < -0.3 is 4.74 Å². The molecule has 1 aromatic rings. The summed E-state index contributed by atoms with van der Waals surface area (Å²) in [4.78, 5) is 24.0. The van der Waals surface area contributed by atoms with Crippen molar-refractivity contribution in [2.24, 2.45) is 0 Å². The van der Waals surface area contributed by atoms with Crippen LogP contribution in [0.15, 0.2) is 24.3 Å². The van der Waals surface area contributed by atoms with Gasteiger partial charge >= 0.3 is 5.97 Å². The Hall–Kier alpha value is -1.91. The number of ether oxygens (including phenoxy) is 1. The van der Waals surface area contributed by atoms with E-state index in [1.54, 1.807) is 0 Å². The lowest BCUT2D eigenvalue weighted by molar-refractivity contribution is -0.191. The van der Waals surface area contributed by atoms with Crippen molar-refractivity contribution in [3.8, 4) is 5.75 Å². The largest absolute Gasteiger partial charge is 0.479 e. The van der Waals surface area contributed by atoms with Gasteiger partial charge in [0.1, 0.15) is 12.0 Å². The molecule has 0 heterocycles. The van der Waals surface area contributed by atoms with Crippen LogP contribution in [0.25, 0.3) is 0 Å². The van der Waals surface area contributed by atoms with E-state index in [4.69, 9.17) is 4.74 Å². The summed E-state index contributed by atoms with van der Waals surface area (Å²) < 4.78 is 16.5. The Bertz CT molecular complexity index is 347. The summed E-state index contributed by atoms with van der Waals surface area (Å²) in [6.07, 6.45) is -0.347. The molecule has 0 amide bonds. The number of carbonyl (C=O) groups is 2. The molecule has 0 radical (unpaired) electrons. The Morgan fingerprint density at radius 1 is 1.40 bits per heavy atom. The highest BCUT2D eigenvalue weighted by Gasteiger charge is 2.16. The molecular formula is C10H9FO4. The molecule has 0 N–H and O–H groups in total. The number of rotatable bonds is 4. The van der Waals surface area contributed by atoms with Crippen molar-refractivity contribution >= 4 is 12.3 Å². The average Bonchev–Trinajstić information content (AvgIpc) is 2.29. The van der Waals surface area contributed by atoms with Crippen LogP contribution in [-0.2, 0) is 9.74 Å². The van der Waals surface area contributed by atoms with Crippen molar-refractivity contribution in [2.45, 2.75) is 13.0 Å². The lowest BCUT2D eigenvalue weighted by Crippen LogP contribution is -2.23. The Morgan fingerprint density at radius 3 is 2.47 bits per heavy atom. The molecule has 0 spiro atoms. The van der Waals surface area contributed by atoms with E-state index in [0.29, 0.717) is 17.6 Å². The Kier molecular flexibility index (Phi) is 3.79. The van der Waals surface area contributed by atoms with Gasteiger partial charge in [-0.1, -0.05) is 0 Å². The molecule has 0 aliphatic carbocycles. The zero-order valence-corrected chi connectivity index (χ0v) is 7.98. The van der Waals surface area contributed by atoms with E-state index in [2.05, 4.69) is 4.94 Å². The molecular weight excluding hydrogens is 203 g/mol. The summed E-state index contributed by atoms with van der Waals surface area (Å²) >= 11 is 0. The standard InChI is InChI=1S/C10H9FO4/c1-7(10(13)15-11)14-9-4-2-8(6-12)3-5-9/h2-7H,1H3. The monoisotopic (exact) mass is 212 g/mol. The molecule has 5 heteroatoms. The van der Waals surface area contributed by atoms with Gasteiger partial charge in [0, 0.05) is 10.1 Å². The predicted molar refractivity (Wildman–Crippen MR) is 49.1 cm³/mol. The zero-order chi connectivity index (χ0) is 11.3. The fourth-order valence-corrected chi connectivity index (χ4v) is 0.940. The van der Waals surface area contributed by atoms with E-state index in [1.807, 2.05) is 0 Å². The number of hydrogen-bond acceptors (Lipinski definition) is 4. The second kappa shape index (κ2) is 5.09. The van der Waals surface area contributed by atoms with Crippen molar-refractivity contribution in [1.82, 2.24) is 0 Å². The quantitative estimate of drug-likeness (QED) is 0.712. The van der Waals surface area contributed by atoms with Crippen molar-refractivity contribution < 1.29 is 23.8 Å². The van der Waals surface area contributed by atoms with Crippen LogP contribution in [0, 0.1) is 0 Å². The minimum absolute atomic E-state index is 0.360. The van der Waals surface area contributed by atoms with E-state index in [1.165, 1.54) is 31.2 Å². The van der Waals surface area contributed by atoms with Crippen molar-refractivity contribution in [3.63, 3.8) is 0 Å². The van der Waals surface area contributed by atoms with E-state index >= 15 is 0 Å². The van der Waals surface area contributed by atoms with Crippen LogP contribution >= 0.6 is 0 Å². The number of hydrogen-bond donors (Lipinski definition) is 0. The highest BCUT2D eigenvalue weighted by molar-refractivity contribution is 5.75. The molecule has 0 saturated heterocycles. The maximum absolute atomic E-state index is 11.5. The minimum atomic E-state index is -1.10. The third-order valence-electron chi connectivity index (χ3n) is 1.74. The van der Waals surface area contributed by atoms with Gasteiger partial charge in [0.25, 0.3) is 0 Å². The van der Waals surface area contributed by atoms with E-state index < -0.39 is 12.1 Å². The summed E-state index contributed by atoms with van der Waals surface area (Å²) in [5, 5.41) is 0. The van der Waals surface area contributed by atoms with Crippen LogP contribution in [0.5, 0.6) is 5.75 Å². The number of benzene rings is 1. The van der Waals surface area contributed by atoms with Crippen LogP contribution in [0.4, 0.5) is 4.53 Å². The lowest BCUT2D eigenvalue weighted by atomic mass is 10.2. The maximum atomic E-state index is 11.5. The van der Waals surface area contributed by atoms with Gasteiger partial charge in [-0.25, -0.2) is 4.79 Å². The van der Waals surface area contributed by atoms with Gasteiger partial charge in [-0.15, -0.1) is 0 Å². The SMILES string of the molecule is CC(Oc1ccc(C=O)cc1)C(=O)OF. The Balaban J connectivity index is 2.64. The van der Waals surface area contributed by atoms with E-state index in [9.17, 15) is 14.1 Å². The Labute approximate surface area is 85.5 Å². The number of aldehydes is 1. The zero-order valence-electron chi connectivity index (χ0n) is 7.98. The van der Waals surface area contributed by atoms with Crippen LogP contribution in [-0.4, -0.2) is 18.4 Å². The van der Waals surface area contributed by atoms with Gasteiger partial charge in [0.05, 0.1) is 0 Å². The molecule has 1 aromatic carbocycles. The fourth-order valence-electron chi connectivity index (χ4n) is 0.940. The summed E-state index contributed by atoms with van der Waals surface area (Å²) in [7, 11) is 0. The Morgan fingerprint density at radius 2 is 2.00 bits per heavy atom. The van der Waals surface area contributed by atoms with Crippen LogP contribution in [0.3, 0.4) is 0 Å². The highest BCUT2D eigenvalue weighted by atomic mass is 19.3. The smallest absolute Gasteiger partial charge is 0.388 e. The maximum Gasteiger partial charge on any atom is 0.388 e. The number of halogens is 1. The fraction of sp³-hybridized carbons (Fsp3) is 0.200. The van der Waals surface area contributed by atoms with E-state index in [0.717, 1.165) is 0 Å². The molecule has 0 aliphatic rings. The molecule has 15 heavy (non-hydrogen) atoms. The van der Waals surface area contributed by atoms with Crippen molar-refractivity contribution in [1.29, 1.82) is 0 Å². The third kappa shape index (κ3) is 3.05.